The van der Waals surface area contributed by atoms with E-state index in [9.17, 15) is 0 Å². The third-order valence-corrected chi connectivity index (χ3v) is 1.85. The van der Waals surface area contributed by atoms with Crippen LogP contribution in [0, 0.1) is 0 Å². The smallest absolute Gasteiger partial charge is 0.168 e. The lowest BCUT2D eigenvalue weighted by Gasteiger charge is -1.88. The predicted molar refractivity (Wildman–Crippen MR) is 61.5 cm³/mol. The Labute approximate surface area is 93.0 Å². The van der Waals surface area contributed by atoms with Crippen molar-refractivity contribution in [3.05, 3.63) is 67.4 Å². The monoisotopic (exact) mass is 213 g/mol. The molecule has 0 aliphatic rings. The number of para-hydroxylation sites is 2. The van der Waals surface area contributed by atoms with Gasteiger partial charge in [-0.25, -0.2) is 0 Å². The molecule has 0 amide bonds. The van der Waals surface area contributed by atoms with Crippen molar-refractivity contribution in [2.24, 2.45) is 0 Å². The van der Waals surface area contributed by atoms with Gasteiger partial charge in [0.2, 0.25) is 0 Å². The number of rotatable bonds is 0. The van der Waals surface area contributed by atoms with E-state index in [1.54, 1.807) is 43.1 Å². The van der Waals surface area contributed by atoms with E-state index in [0.29, 0.717) is 11.2 Å². The van der Waals surface area contributed by atoms with Crippen LogP contribution in [0.5, 0.6) is 0 Å². The minimum atomic E-state index is 0.668. The minimum Gasteiger partial charge on any atom is -0.461 e. The predicted octanol–water partition coefficient (Wildman–Crippen LogP) is 3.67. The van der Waals surface area contributed by atoms with Crippen molar-refractivity contribution in [2.45, 2.75) is 0 Å². The average Bonchev–Trinajstić information content (AvgIpc) is 2.30. The van der Waals surface area contributed by atoms with Gasteiger partial charge in [0.05, 0.1) is 12.5 Å². The van der Waals surface area contributed by atoms with Crippen molar-refractivity contribution in [1.82, 2.24) is 4.98 Å². The molecule has 1 aromatic carbocycles. The highest BCUT2D eigenvalue weighted by Crippen LogP contribution is 2.08. The molecule has 3 heteroatoms. The van der Waals surface area contributed by atoms with Gasteiger partial charge in [0, 0.05) is 12.4 Å². The Balaban J connectivity index is 2.69. The Bertz CT molecular complexity index is 503. The lowest BCUT2D eigenvalue weighted by molar-refractivity contribution is 0.567. The molecule has 0 atom stereocenters. The fourth-order valence-corrected chi connectivity index (χ4v) is 1.15. The maximum Gasteiger partial charge on any atom is 0.168 e. The van der Waals surface area contributed by atoms with Crippen molar-refractivity contribution >= 4 is 11.2 Å². The van der Waals surface area contributed by atoms with Crippen LogP contribution in [0.1, 0.15) is 0 Å². The molecular formula is C13H11NO2. The van der Waals surface area contributed by atoms with Crippen molar-refractivity contribution in [2.75, 3.05) is 0 Å². The summed E-state index contributed by atoms with van der Waals surface area (Å²) in [5.74, 6) is 0. The fourth-order valence-electron chi connectivity index (χ4n) is 1.15. The van der Waals surface area contributed by atoms with Crippen molar-refractivity contribution < 1.29 is 8.83 Å². The molecule has 2 rings (SSSR count). The second-order valence-corrected chi connectivity index (χ2v) is 2.98. The number of hydrogen-bond donors (Lipinski definition) is 0. The van der Waals surface area contributed by atoms with E-state index in [-0.39, 0.29) is 0 Å². The van der Waals surface area contributed by atoms with Gasteiger partial charge in [0.15, 0.2) is 11.2 Å². The maximum absolute atomic E-state index is 5.42. The summed E-state index contributed by atoms with van der Waals surface area (Å²) < 4.78 is 10.8. The zero-order chi connectivity index (χ0) is 11.1. The molecule has 16 heavy (non-hydrogen) atoms. The first-order valence-corrected chi connectivity index (χ1v) is 4.89. The van der Waals surface area contributed by atoms with E-state index in [1.165, 1.54) is 0 Å². The first-order chi connectivity index (χ1) is 7.97. The molecule has 0 bridgehead atoms. The average molecular weight is 213 g/mol. The van der Waals surface area contributed by atoms with Crippen LogP contribution in [-0.2, 0) is 0 Å². The van der Waals surface area contributed by atoms with Crippen molar-refractivity contribution in [1.29, 1.82) is 0 Å². The van der Waals surface area contributed by atoms with Gasteiger partial charge < -0.3 is 8.83 Å². The molecule has 0 spiro atoms. The molecule has 0 fully saturated rings. The van der Waals surface area contributed by atoms with E-state index in [1.807, 2.05) is 24.3 Å². The van der Waals surface area contributed by atoms with Crippen LogP contribution in [0.2, 0.25) is 0 Å². The van der Waals surface area contributed by atoms with E-state index in [0.717, 1.165) is 0 Å². The standard InChI is InChI=1S/C13H11NO2/c1-2-7-13-12(6-1)15-10-4-3-8-14-9-5-11-16-13/h1-11H. The molecule has 0 saturated heterocycles. The Morgan fingerprint density at radius 2 is 1.31 bits per heavy atom. The molecule has 0 N–H and O–H groups in total. The first kappa shape index (κ1) is 10.2. The quantitative estimate of drug-likeness (QED) is 0.670. The van der Waals surface area contributed by atoms with Crippen LogP contribution in [0.3, 0.4) is 0 Å². The minimum absolute atomic E-state index is 0.668. The molecule has 80 valence electrons. The lowest BCUT2D eigenvalue weighted by atomic mass is 10.3. The zero-order valence-corrected chi connectivity index (χ0v) is 8.61. The third kappa shape index (κ3) is 2.85. The Morgan fingerprint density at radius 1 is 0.688 bits per heavy atom. The first-order valence-electron chi connectivity index (χ1n) is 4.89. The number of hydrogen-bond acceptors (Lipinski definition) is 3. The lowest BCUT2D eigenvalue weighted by Crippen LogP contribution is -1.65. The molecule has 0 saturated carbocycles. The summed E-state index contributed by atoms with van der Waals surface area (Å²) in [5.41, 5.74) is 1.34. The SMILES string of the molecule is c1ccoc2ccccc2occcnc1. The summed E-state index contributed by atoms with van der Waals surface area (Å²) in [6.07, 6.45) is 6.46. The zero-order valence-electron chi connectivity index (χ0n) is 8.61. The maximum atomic E-state index is 5.42. The van der Waals surface area contributed by atoms with Crippen LogP contribution in [0.4, 0.5) is 0 Å². The summed E-state index contributed by atoms with van der Waals surface area (Å²) in [4.78, 5) is 3.98. The van der Waals surface area contributed by atoms with Gasteiger partial charge in [-0.05, 0) is 30.3 Å². The second kappa shape index (κ2) is 5.56. The Morgan fingerprint density at radius 3 is 2.06 bits per heavy atom. The van der Waals surface area contributed by atoms with Gasteiger partial charge in [-0.1, -0.05) is 12.1 Å². The molecule has 0 aliphatic heterocycles. The topological polar surface area (TPSA) is 39.2 Å². The Kier molecular flexibility index (Phi) is 3.55. The van der Waals surface area contributed by atoms with E-state index < -0.39 is 0 Å². The summed E-state index contributed by atoms with van der Waals surface area (Å²) in [6, 6.07) is 12.7. The fraction of sp³-hybridized carbons (Fsp3) is 0. The van der Waals surface area contributed by atoms with Gasteiger partial charge in [0.1, 0.15) is 0 Å². The van der Waals surface area contributed by atoms with Crippen LogP contribution >= 0.6 is 0 Å². The molecule has 3 nitrogen and oxygen atoms in total. The van der Waals surface area contributed by atoms with Crippen LogP contribution in [0.25, 0.3) is 11.2 Å². The summed E-state index contributed by atoms with van der Waals surface area (Å²) in [7, 11) is 0. The Hall–Kier alpha value is -2.29. The highest BCUT2D eigenvalue weighted by molar-refractivity contribution is 5.68. The van der Waals surface area contributed by atoms with E-state index >= 15 is 0 Å². The molecule has 2 aromatic rings. The number of benzene rings is 1. The molecule has 0 radical (unpaired) electrons. The highest BCUT2D eigenvalue weighted by atomic mass is 16.4. The van der Waals surface area contributed by atoms with Crippen molar-refractivity contribution in [3.63, 3.8) is 0 Å². The molecule has 1 heterocycles. The number of nitrogens with zero attached hydrogens (tertiary/aromatic N) is 1. The summed E-state index contributed by atoms with van der Waals surface area (Å²) in [6.45, 7) is 0. The van der Waals surface area contributed by atoms with Crippen LogP contribution in [0.15, 0.2) is 76.2 Å². The summed E-state index contributed by atoms with van der Waals surface area (Å²) >= 11 is 0. The number of fused-ring (bicyclic) bond motifs is 1. The van der Waals surface area contributed by atoms with Gasteiger partial charge in [0.25, 0.3) is 0 Å². The van der Waals surface area contributed by atoms with Gasteiger partial charge in [-0.2, -0.15) is 0 Å². The summed E-state index contributed by atoms with van der Waals surface area (Å²) in [5, 5.41) is 0. The van der Waals surface area contributed by atoms with Gasteiger partial charge in [-0.3, -0.25) is 4.98 Å². The van der Waals surface area contributed by atoms with Gasteiger partial charge in [-0.15, -0.1) is 0 Å². The second-order valence-electron chi connectivity index (χ2n) is 2.98. The third-order valence-electron chi connectivity index (χ3n) is 1.85. The van der Waals surface area contributed by atoms with Gasteiger partial charge >= 0.3 is 0 Å². The number of aromatic nitrogens is 1. The normalized spacial score (nSPS) is 9.25. The molecule has 0 aliphatic carbocycles. The molecular weight excluding hydrogens is 202 g/mol. The molecule has 1 aromatic heterocycles. The van der Waals surface area contributed by atoms with E-state index in [2.05, 4.69) is 4.98 Å². The largest absolute Gasteiger partial charge is 0.461 e. The van der Waals surface area contributed by atoms with E-state index in [4.69, 9.17) is 8.83 Å². The van der Waals surface area contributed by atoms with Crippen molar-refractivity contribution in [3.8, 4) is 0 Å². The molecule has 0 unspecified atom stereocenters. The van der Waals surface area contributed by atoms with Crippen LogP contribution < -0.4 is 0 Å². The van der Waals surface area contributed by atoms with Crippen LogP contribution in [-0.4, -0.2) is 4.98 Å². The highest BCUT2D eigenvalue weighted by Gasteiger charge is 1.88.